The first-order valence-electron chi connectivity index (χ1n) is 19.8. The molecule has 0 heterocycles. The van der Waals surface area contributed by atoms with E-state index < -0.39 is 11.2 Å². The monoisotopic (exact) mass is 726 g/mol. The van der Waals surface area contributed by atoms with Crippen LogP contribution in [0.25, 0.3) is 54.6 Å². The fraction of sp³-hybridized carbons (Fsp3) is 0.111. The maximum absolute atomic E-state index is 13.9. The molecule has 9 aromatic rings. The Balaban J connectivity index is 0.00000107. The van der Waals surface area contributed by atoms with E-state index in [4.69, 9.17) is 0 Å². The van der Waals surface area contributed by atoms with Gasteiger partial charge in [-0.1, -0.05) is 210 Å². The molecule has 0 bridgehead atoms. The van der Waals surface area contributed by atoms with E-state index in [9.17, 15) is 10.2 Å². The lowest BCUT2D eigenvalue weighted by Gasteiger charge is -2.46. The van der Waals surface area contributed by atoms with E-state index in [0.29, 0.717) is 22.3 Å². The molecule has 2 heteroatoms. The molecule has 0 fully saturated rings. The molecule has 1 aliphatic rings. The van der Waals surface area contributed by atoms with Crippen molar-refractivity contribution in [3.63, 3.8) is 0 Å². The number of fused-ring (bicyclic) bond motifs is 8. The molecule has 10 rings (SSSR count). The third kappa shape index (κ3) is 5.56. The molecule has 0 aromatic heterocycles. The van der Waals surface area contributed by atoms with Gasteiger partial charge < -0.3 is 10.2 Å². The Labute approximate surface area is 330 Å². The molecule has 0 amide bonds. The van der Waals surface area contributed by atoms with Gasteiger partial charge in [0.05, 0.1) is 0 Å². The molecule has 2 nitrogen and oxygen atoms in total. The van der Waals surface area contributed by atoms with Gasteiger partial charge in [0.25, 0.3) is 0 Å². The van der Waals surface area contributed by atoms with Crippen molar-refractivity contribution >= 4 is 32.3 Å². The minimum Gasteiger partial charge on any atom is -0.376 e. The lowest BCUT2D eigenvalue weighted by Crippen LogP contribution is -2.44. The third-order valence-corrected chi connectivity index (χ3v) is 11.2. The van der Waals surface area contributed by atoms with Gasteiger partial charge in [-0.25, -0.2) is 0 Å². The molecule has 0 aliphatic heterocycles. The molecule has 2 unspecified atom stereocenters. The average molecular weight is 727 g/mol. The van der Waals surface area contributed by atoms with Gasteiger partial charge >= 0.3 is 0 Å². The number of aliphatic hydroxyl groups is 2. The second kappa shape index (κ2) is 15.1. The van der Waals surface area contributed by atoms with Gasteiger partial charge in [0.2, 0.25) is 0 Å². The Kier molecular flexibility index (Phi) is 9.87. The Morgan fingerprint density at radius 2 is 0.536 bits per heavy atom. The van der Waals surface area contributed by atoms with Gasteiger partial charge in [-0.05, 0) is 77.8 Å². The minimum atomic E-state index is -1.62. The molecule has 9 aromatic carbocycles. The standard InChI is InChI=1S/C50H34O2.2C2H6/c51-49(43-27-13-11-21-35(43)33-17-3-1-4-18-33)45-29-15-16-30-46(45)50(52,44-28-14-12-22-36(44)34-19-5-2-6-20-34)48-32-42-40-26-10-8-24-38(40)37-23-7-9-25-39(37)41(42)31-47(48)49;2*1-2/h1-32,51-52H;2*1-2H3. The highest BCUT2D eigenvalue weighted by atomic mass is 16.3. The molecule has 0 saturated carbocycles. The summed E-state index contributed by atoms with van der Waals surface area (Å²) in [5.41, 5.74) is 4.81. The lowest BCUT2D eigenvalue weighted by molar-refractivity contribution is 0.0756. The van der Waals surface area contributed by atoms with Crippen LogP contribution in [0.15, 0.2) is 194 Å². The fourth-order valence-corrected chi connectivity index (χ4v) is 8.87. The second-order valence-electron chi connectivity index (χ2n) is 13.8. The van der Waals surface area contributed by atoms with Crippen LogP contribution in [0.3, 0.4) is 0 Å². The number of rotatable bonds is 4. The third-order valence-electron chi connectivity index (χ3n) is 11.2. The van der Waals surface area contributed by atoms with Crippen molar-refractivity contribution < 1.29 is 10.2 Å². The summed E-state index contributed by atoms with van der Waals surface area (Å²) >= 11 is 0. The van der Waals surface area contributed by atoms with Crippen molar-refractivity contribution in [1.29, 1.82) is 0 Å². The number of hydrogen-bond acceptors (Lipinski definition) is 2. The summed E-state index contributed by atoms with van der Waals surface area (Å²) < 4.78 is 0. The largest absolute Gasteiger partial charge is 0.376 e. The van der Waals surface area contributed by atoms with E-state index in [1.807, 2.05) is 125 Å². The van der Waals surface area contributed by atoms with Gasteiger partial charge in [0.15, 0.2) is 0 Å². The molecule has 1 aliphatic carbocycles. The Morgan fingerprint density at radius 3 is 0.893 bits per heavy atom. The lowest BCUT2D eigenvalue weighted by atomic mass is 9.61. The molecule has 274 valence electrons. The number of benzene rings is 9. The van der Waals surface area contributed by atoms with Crippen molar-refractivity contribution in [3.8, 4) is 22.3 Å². The molecular formula is C54H46O2. The van der Waals surface area contributed by atoms with Crippen molar-refractivity contribution in [1.82, 2.24) is 0 Å². The normalized spacial score (nSPS) is 16.9. The predicted molar refractivity (Wildman–Crippen MR) is 236 cm³/mol. The average Bonchev–Trinajstić information content (AvgIpc) is 3.30. The maximum Gasteiger partial charge on any atom is 0.141 e. The van der Waals surface area contributed by atoms with E-state index in [2.05, 4.69) is 97.1 Å². The molecular weight excluding hydrogens is 681 g/mol. The quantitative estimate of drug-likeness (QED) is 0.177. The van der Waals surface area contributed by atoms with E-state index in [1.165, 1.54) is 0 Å². The summed E-state index contributed by atoms with van der Waals surface area (Å²) in [6, 6.07) is 66.0. The maximum atomic E-state index is 13.9. The zero-order chi connectivity index (χ0) is 38.9. The van der Waals surface area contributed by atoms with Gasteiger partial charge in [0.1, 0.15) is 11.2 Å². The van der Waals surface area contributed by atoms with Crippen LogP contribution in [-0.2, 0) is 11.2 Å². The first-order valence-corrected chi connectivity index (χ1v) is 19.8. The van der Waals surface area contributed by atoms with E-state index in [-0.39, 0.29) is 0 Å². The molecule has 2 N–H and O–H groups in total. The van der Waals surface area contributed by atoms with Crippen LogP contribution in [0.1, 0.15) is 61.1 Å². The first kappa shape index (κ1) is 36.6. The van der Waals surface area contributed by atoms with Crippen LogP contribution in [0.4, 0.5) is 0 Å². The van der Waals surface area contributed by atoms with Crippen molar-refractivity contribution in [2.45, 2.75) is 38.9 Å². The highest BCUT2D eigenvalue weighted by molar-refractivity contribution is 6.25. The summed E-state index contributed by atoms with van der Waals surface area (Å²) in [5.74, 6) is 0. The Hall–Kier alpha value is -6.32. The zero-order valence-corrected chi connectivity index (χ0v) is 32.4. The molecule has 0 saturated heterocycles. The van der Waals surface area contributed by atoms with Crippen LogP contribution in [0.5, 0.6) is 0 Å². The van der Waals surface area contributed by atoms with Crippen molar-refractivity contribution in [2.75, 3.05) is 0 Å². The smallest absolute Gasteiger partial charge is 0.141 e. The number of hydrogen-bond donors (Lipinski definition) is 2. The van der Waals surface area contributed by atoms with Gasteiger partial charge in [0, 0.05) is 22.3 Å². The minimum absolute atomic E-state index is 0.653. The zero-order valence-electron chi connectivity index (χ0n) is 32.4. The van der Waals surface area contributed by atoms with Crippen LogP contribution in [0, 0.1) is 0 Å². The van der Waals surface area contributed by atoms with E-state index in [0.717, 1.165) is 65.7 Å². The predicted octanol–water partition coefficient (Wildman–Crippen LogP) is 13.4. The van der Waals surface area contributed by atoms with Crippen LogP contribution < -0.4 is 0 Å². The van der Waals surface area contributed by atoms with Crippen molar-refractivity contribution in [2.24, 2.45) is 0 Å². The van der Waals surface area contributed by atoms with E-state index in [1.54, 1.807) is 0 Å². The van der Waals surface area contributed by atoms with E-state index >= 15 is 0 Å². The fourth-order valence-electron chi connectivity index (χ4n) is 8.87. The highest BCUT2D eigenvalue weighted by Gasteiger charge is 2.52. The summed E-state index contributed by atoms with van der Waals surface area (Å²) in [6.45, 7) is 8.00. The Morgan fingerprint density at radius 1 is 0.268 bits per heavy atom. The summed E-state index contributed by atoms with van der Waals surface area (Å²) in [7, 11) is 0. The van der Waals surface area contributed by atoms with Crippen LogP contribution >= 0.6 is 0 Å². The molecule has 56 heavy (non-hydrogen) atoms. The van der Waals surface area contributed by atoms with Gasteiger partial charge in [-0.3, -0.25) is 0 Å². The SMILES string of the molecule is CC.CC.OC1(c2ccccc2-c2ccccc2)c2ccccc2C(O)(c2ccccc2-c2ccccc2)c2cc3c4ccccc4c4ccccc4c3cc21. The molecule has 0 spiro atoms. The van der Waals surface area contributed by atoms with Crippen LogP contribution in [0.2, 0.25) is 0 Å². The Bertz CT molecular complexity index is 2630. The molecule has 2 atom stereocenters. The van der Waals surface area contributed by atoms with Gasteiger partial charge in [-0.2, -0.15) is 0 Å². The summed E-state index contributed by atoms with van der Waals surface area (Å²) in [4.78, 5) is 0. The van der Waals surface area contributed by atoms with Crippen LogP contribution in [-0.4, -0.2) is 10.2 Å². The summed E-state index contributed by atoms with van der Waals surface area (Å²) in [6.07, 6.45) is 0. The first-order chi connectivity index (χ1) is 27.6. The second-order valence-corrected chi connectivity index (χ2v) is 13.8. The van der Waals surface area contributed by atoms with Gasteiger partial charge in [-0.15, -0.1) is 0 Å². The summed E-state index contributed by atoms with van der Waals surface area (Å²) in [5, 5.41) is 34.3. The topological polar surface area (TPSA) is 40.5 Å². The molecule has 0 radical (unpaired) electrons. The highest BCUT2D eigenvalue weighted by Crippen LogP contribution is 2.57. The van der Waals surface area contributed by atoms with Crippen molar-refractivity contribution in [3.05, 3.63) is 228 Å².